The van der Waals surface area contributed by atoms with Gasteiger partial charge in [0.2, 0.25) is 0 Å². The van der Waals surface area contributed by atoms with Crippen molar-refractivity contribution in [2.75, 3.05) is 13.1 Å². The summed E-state index contributed by atoms with van der Waals surface area (Å²) in [6.45, 7) is 7.61. The Bertz CT molecular complexity index is 974. The van der Waals surface area contributed by atoms with Crippen LogP contribution in [0.3, 0.4) is 0 Å². The third-order valence-electron chi connectivity index (χ3n) is 5.29. The van der Waals surface area contributed by atoms with Crippen molar-refractivity contribution in [3.05, 3.63) is 53.9 Å². The minimum Gasteiger partial charge on any atom is -0.338 e. The zero-order valence-electron chi connectivity index (χ0n) is 16.5. The molecule has 0 bridgehead atoms. The summed E-state index contributed by atoms with van der Waals surface area (Å²) < 4.78 is 3.84. The number of likely N-dealkylation sites (tertiary alicyclic amines) is 1. The van der Waals surface area contributed by atoms with Crippen LogP contribution in [0.4, 0.5) is 0 Å². The number of aromatic nitrogens is 6. The average Bonchev–Trinajstić information content (AvgIpc) is 3.37. The first-order valence-electron chi connectivity index (χ1n) is 9.72. The molecule has 3 aromatic rings. The van der Waals surface area contributed by atoms with Gasteiger partial charge < -0.3 is 9.47 Å². The number of benzene rings is 1. The zero-order valence-corrected chi connectivity index (χ0v) is 16.5. The van der Waals surface area contributed by atoms with Crippen LogP contribution in [-0.4, -0.2) is 53.7 Å². The lowest BCUT2D eigenvalue weighted by atomic mass is 9.96. The lowest BCUT2D eigenvalue weighted by Crippen LogP contribution is -2.39. The van der Waals surface area contributed by atoms with Gasteiger partial charge in [0.05, 0.1) is 5.69 Å². The number of tetrazole rings is 1. The van der Waals surface area contributed by atoms with E-state index in [-0.39, 0.29) is 11.8 Å². The van der Waals surface area contributed by atoms with Crippen LogP contribution in [0.15, 0.2) is 36.7 Å². The van der Waals surface area contributed by atoms with Crippen LogP contribution in [0.25, 0.3) is 5.69 Å². The van der Waals surface area contributed by atoms with Crippen LogP contribution >= 0.6 is 0 Å². The number of amides is 1. The predicted octanol–water partition coefficient (Wildman–Crippen LogP) is 2.77. The number of carbonyl (C=O) groups is 1. The van der Waals surface area contributed by atoms with Gasteiger partial charge in [-0.2, -0.15) is 4.68 Å². The molecule has 0 N–H and O–H groups in total. The molecule has 1 aliphatic heterocycles. The van der Waals surface area contributed by atoms with Crippen molar-refractivity contribution in [2.24, 2.45) is 0 Å². The van der Waals surface area contributed by atoms with E-state index in [1.807, 2.05) is 48.5 Å². The highest BCUT2D eigenvalue weighted by atomic mass is 16.2. The first kappa shape index (κ1) is 18.3. The highest BCUT2D eigenvalue weighted by molar-refractivity contribution is 5.94. The number of piperidine rings is 1. The summed E-state index contributed by atoms with van der Waals surface area (Å²) in [4.78, 5) is 19.7. The van der Waals surface area contributed by atoms with E-state index in [0.29, 0.717) is 24.0 Å². The second-order valence-electron chi connectivity index (χ2n) is 7.57. The summed E-state index contributed by atoms with van der Waals surface area (Å²) in [5, 5.41) is 11.6. The minimum absolute atomic E-state index is 0.0416. The van der Waals surface area contributed by atoms with E-state index in [2.05, 4.69) is 38.9 Å². The molecule has 0 spiro atoms. The maximum absolute atomic E-state index is 13.2. The Labute approximate surface area is 164 Å². The molecule has 1 aromatic carbocycles. The molecule has 146 valence electrons. The van der Waals surface area contributed by atoms with E-state index < -0.39 is 0 Å². The van der Waals surface area contributed by atoms with Crippen LogP contribution in [0, 0.1) is 6.92 Å². The minimum atomic E-state index is 0.0416. The molecule has 1 atom stereocenters. The van der Waals surface area contributed by atoms with Crippen molar-refractivity contribution in [1.29, 1.82) is 0 Å². The molecular weight excluding hydrogens is 354 g/mol. The second kappa shape index (κ2) is 7.53. The lowest BCUT2D eigenvalue weighted by molar-refractivity contribution is 0.0703. The summed E-state index contributed by atoms with van der Waals surface area (Å²) in [5.74, 6) is 2.06. The molecule has 2 aromatic heterocycles. The first-order chi connectivity index (χ1) is 13.5. The van der Waals surface area contributed by atoms with Gasteiger partial charge in [0.1, 0.15) is 5.82 Å². The maximum Gasteiger partial charge on any atom is 0.253 e. The smallest absolute Gasteiger partial charge is 0.253 e. The number of hydrogen-bond donors (Lipinski definition) is 0. The van der Waals surface area contributed by atoms with Crippen molar-refractivity contribution in [1.82, 2.24) is 34.7 Å². The maximum atomic E-state index is 13.2. The Morgan fingerprint density at radius 3 is 2.89 bits per heavy atom. The van der Waals surface area contributed by atoms with Crippen molar-refractivity contribution in [3.8, 4) is 5.69 Å². The molecule has 0 unspecified atom stereocenters. The van der Waals surface area contributed by atoms with Crippen LogP contribution < -0.4 is 0 Å². The number of hydrogen-bond acceptors (Lipinski definition) is 5. The fourth-order valence-electron chi connectivity index (χ4n) is 3.87. The van der Waals surface area contributed by atoms with Gasteiger partial charge in [-0.15, -0.1) is 5.10 Å². The van der Waals surface area contributed by atoms with E-state index in [1.165, 1.54) is 0 Å². The molecule has 8 nitrogen and oxygen atoms in total. The van der Waals surface area contributed by atoms with Gasteiger partial charge in [-0.1, -0.05) is 6.07 Å². The molecule has 8 heteroatoms. The van der Waals surface area contributed by atoms with Gasteiger partial charge in [-0.05, 0) is 62.2 Å². The summed E-state index contributed by atoms with van der Waals surface area (Å²) >= 11 is 0. The van der Waals surface area contributed by atoms with Crippen molar-refractivity contribution in [2.45, 2.75) is 45.6 Å². The van der Waals surface area contributed by atoms with Crippen molar-refractivity contribution < 1.29 is 4.79 Å². The Morgan fingerprint density at radius 2 is 2.14 bits per heavy atom. The Balaban J connectivity index is 1.55. The first-order valence-corrected chi connectivity index (χ1v) is 9.72. The number of rotatable bonds is 4. The highest BCUT2D eigenvalue weighted by Gasteiger charge is 2.28. The largest absolute Gasteiger partial charge is 0.338 e. The fraction of sp³-hybridized carbons (Fsp3) is 0.450. The monoisotopic (exact) mass is 379 g/mol. The summed E-state index contributed by atoms with van der Waals surface area (Å²) in [6, 6.07) is 7.84. The predicted molar refractivity (Wildman–Crippen MR) is 104 cm³/mol. The van der Waals surface area contributed by atoms with Crippen LogP contribution in [-0.2, 0) is 0 Å². The normalized spacial score (nSPS) is 17.3. The lowest BCUT2D eigenvalue weighted by Gasteiger charge is -2.33. The molecule has 1 saturated heterocycles. The number of nitrogens with zero attached hydrogens (tertiary/aromatic N) is 7. The third-order valence-corrected chi connectivity index (χ3v) is 5.29. The van der Waals surface area contributed by atoms with E-state index in [0.717, 1.165) is 30.9 Å². The number of carbonyl (C=O) groups excluding carboxylic acids is 1. The molecule has 1 fully saturated rings. The molecule has 4 rings (SSSR count). The summed E-state index contributed by atoms with van der Waals surface area (Å²) in [5.41, 5.74) is 1.44. The van der Waals surface area contributed by atoms with E-state index in [1.54, 1.807) is 4.68 Å². The van der Waals surface area contributed by atoms with Crippen molar-refractivity contribution >= 4 is 5.91 Å². The molecule has 1 aliphatic rings. The highest BCUT2D eigenvalue weighted by Crippen LogP contribution is 2.28. The number of imidazole rings is 1. The molecule has 0 saturated carbocycles. The SMILES string of the molecule is Cc1nnnn1-c1cccc(C(=O)N2CCC[C@H](c3nccn3C(C)C)C2)c1. The summed E-state index contributed by atoms with van der Waals surface area (Å²) in [6.07, 6.45) is 5.91. The van der Waals surface area contributed by atoms with Crippen LogP contribution in [0.1, 0.15) is 60.7 Å². The molecule has 3 heterocycles. The van der Waals surface area contributed by atoms with Gasteiger partial charge in [0, 0.05) is 43.0 Å². The molecule has 0 aliphatic carbocycles. The third kappa shape index (κ3) is 3.42. The van der Waals surface area contributed by atoms with Gasteiger partial charge >= 0.3 is 0 Å². The van der Waals surface area contributed by atoms with Gasteiger partial charge in [0.25, 0.3) is 5.91 Å². The van der Waals surface area contributed by atoms with E-state index in [4.69, 9.17) is 0 Å². The van der Waals surface area contributed by atoms with Gasteiger partial charge in [0.15, 0.2) is 5.82 Å². The molecule has 0 radical (unpaired) electrons. The Kier molecular flexibility index (Phi) is 4.93. The van der Waals surface area contributed by atoms with E-state index >= 15 is 0 Å². The molecular formula is C20H25N7O. The van der Waals surface area contributed by atoms with Crippen molar-refractivity contribution in [3.63, 3.8) is 0 Å². The molecule has 28 heavy (non-hydrogen) atoms. The quantitative estimate of drug-likeness (QED) is 0.696. The van der Waals surface area contributed by atoms with Gasteiger partial charge in [-0.3, -0.25) is 4.79 Å². The molecule has 1 amide bonds. The van der Waals surface area contributed by atoms with Crippen LogP contribution in [0.2, 0.25) is 0 Å². The zero-order chi connectivity index (χ0) is 19.7. The van der Waals surface area contributed by atoms with Gasteiger partial charge in [-0.25, -0.2) is 4.98 Å². The fourth-order valence-corrected chi connectivity index (χ4v) is 3.87. The second-order valence-corrected chi connectivity index (χ2v) is 7.57. The van der Waals surface area contributed by atoms with Crippen LogP contribution in [0.5, 0.6) is 0 Å². The number of aryl methyl sites for hydroxylation is 1. The average molecular weight is 379 g/mol. The standard InChI is InChI=1S/C20H25N7O/c1-14(2)26-11-9-21-19(26)17-7-5-10-25(13-17)20(28)16-6-4-8-18(12-16)27-15(3)22-23-24-27/h4,6,8-9,11-12,14,17H,5,7,10,13H2,1-3H3/t17-/m0/s1. The topological polar surface area (TPSA) is 81.7 Å². The Hall–Kier alpha value is -3.03. The summed E-state index contributed by atoms with van der Waals surface area (Å²) in [7, 11) is 0. The Morgan fingerprint density at radius 1 is 1.29 bits per heavy atom. The van der Waals surface area contributed by atoms with E-state index in [9.17, 15) is 4.79 Å².